The Bertz CT molecular complexity index is 558. The summed E-state index contributed by atoms with van der Waals surface area (Å²) >= 11 is 1.20. The molecule has 0 unspecified atom stereocenters. The van der Waals surface area contributed by atoms with Crippen LogP contribution in [0.15, 0.2) is 16.8 Å². The zero-order chi connectivity index (χ0) is 13.4. The minimum absolute atomic E-state index is 0. The van der Waals surface area contributed by atoms with Gasteiger partial charge in [0, 0.05) is 0 Å². The van der Waals surface area contributed by atoms with Gasteiger partial charge in [-0.2, -0.15) is 11.3 Å². The van der Waals surface area contributed by atoms with E-state index < -0.39 is 40.7 Å². The first-order valence-corrected chi connectivity index (χ1v) is 5.68. The molecular formula is C11H7ClF5NS. The molecule has 2 rings (SSSR count). The van der Waals surface area contributed by atoms with Gasteiger partial charge in [-0.1, -0.05) is 0 Å². The summed E-state index contributed by atoms with van der Waals surface area (Å²) in [5.41, 5.74) is 4.78. The molecule has 0 aliphatic heterocycles. The molecule has 0 spiro atoms. The molecule has 1 heterocycles. The van der Waals surface area contributed by atoms with Gasteiger partial charge in [0.05, 0.1) is 11.6 Å². The maximum absolute atomic E-state index is 13.4. The smallest absolute Gasteiger partial charge is 0.200 e. The molecule has 2 aromatic rings. The van der Waals surface area contributed by atoms with Crippen LogP contribution >= 0.6 is 23.7 Å². The van der Waals surface area contributed by atoms with E-state index in [1.807, 2.05) is 0 Å². The van der Waals surface area contributed by atoms with Crippen molar-refractivity contribution in [3.63, 3.8) is 0 Å². The zero-order valence-corrected chi connectivity index (χ0v) is 10.7. The predicted molar refractivity (Wildman–Crippen MR) is 63.8 cm³/mol. The van der Waals surface area contributed by atoms with E-state index in [1.165, 1.54) is 22.8 Å². The number of halogens is 6. The Morgan fingerprint density at radius 3 is 1.79 bits per heavy atom. The SMILES string of the molecule is Cl.N[C@@H](c1ccsc1)c1c(F)c(F)c(F)c(F)c1F. The van der Waals surface area contributed by atoms with Crippen molar-refractivity contribution in [1.29, 1.82) is 0 Å². The molecule has 0 saturated carbocycles. The second-order valence-corrected chi connectivity index (χ2v) is 4.30. The highest BCUT2D eigenvalue weighted by atomic mass is 35.5. The third-order valence-electron chi connectivity index (χ3n) is 2.46. The van der Waals surface area contributed by atoms with Gasteiger partial charge >= 0.3 is 0 Å². The van der Waals surface area contributed by atoms with Crippen LogP contribution in [0.1, 0.15) is 17.2 Å². The zero-order valence-electron chi connectivity index (χ0n) is 9.09. The molecule has 104 valence electrons. The topological polar surface area (TPSA) is 26.0 Å². The fourth-order valence-electron chi connectivity index (χ4n) is 1.51. The summed E-state index contributed by atoms with van der Waals surface area (Å²) in [4.78, 5) is 0. The third-order valence-corrected chi connectivity index (χ3v) is 3.16. The van der Waals surface area contributed by atoms with Gasteiger partial charge in [0.15, 0.2) is 23.3 Å². The van der Waals surface area contributed by atoms with E-state index in [0.717, 1.165) is 0 Å². The monoisotopic (exact) mass is 315 g/mol. The summed E-state index contributed by atoms with van der Waals surface area (Å²) in [6.45, 7) is 0. The van der Waals surface area contributed by atoms with E-state index in [0.29, 0.717) is 0 Å². The van der Waals surface area contributed by atoms with Crippen molar-refractivity contribution in [3.8, 4) is 0 Å². The van der Waals surface area contributed by atoms with Crippen LogP contribution < -0.4 is 5.73 Å². The summed E-state index contributed by atoms with van der Waals surface area (Å²) in [5.74, 6) is -9.97. The molecule has 0 radical (unpaired) electrons. The first-order chi connectivity index (χ1) is 8.45. The fourth-order valence-corrected chi connectivity index (χ4v) is 2.21. The summed E-state index contributed by atoms with van der Waals surface area (Å²) < 4.78 is 65.7. The van der Waals surface area contributed by atoms with Gasteiger partial charge < -0.3 is 5.73 Å². The van der Waals surface area contributed by atoms with Crippen molar-refractivity contribution in [2.75, 3.05) is 0 Å². The van der Waals surface area contributed by atoms with Crippen LogP contribution in [0.2, 0.25) is 0 Å². The molecule has 2 N–H and O–H groups in total. The van der Waals surface area contributed by atoms with Crippen LogP contribution in [-0.4, -0.2) is 0 Å². The Morgan fingerprint density at radius 2 is 1.37 bits per heavy atom. The first-order valence-electron chi connectivity index (χ1n) is 4.74. The van der Waals surface area contributed by atoms with Gasteiger partial charge in [-0.15, -0.1) is 12.4 Å². The van der Waals surface area contributed by atoms with E-state index in [4.69, 9.17) is 5.73 Å². The van der Waals surface area contributed by atoms with Crippen molar-refractivity contribution in [1.82, 2.24) is 0 Å². The highest BCUT2D eigenvalue weighted by Gasteiger charge is 2.29. The fraction of sp³-hybridized carbons (Fsp3) is 0.0909. The van der Waals surface area contributed by atoms with E-state index in [2.05, 4.69) is 0 Å². The molecule has 1 atom stereocenters. The van der Waals surface area contributed by atoms with Gasteiger partial charge in [0.2, 0.25) is 5.82 Å². The maximum Gasteiger partial charge on any atom is 0.200 e. The Hall–Kier alpha value is -1.18. The molecule has 1 aromatic carbocycles. The van der Waals surface area contributed by atoms with Crippen LogP contribution in [-0.2, 0) is 0 Å². The van der Waals surface area contributed by atoms with Crippen LogP contribution in [0.25, 0.3) is 0 Å². The summed E-state index contributed by atoms with van der Waals surface area (Å²) in [5, 5.41) is 3.06. The predicted octanol–water partition coefficient (Wildman–Crippen LogP) is 3.91. The van der Waals surface area contributed by atoms with Gasteiger partial charge in [-0.3, -0.25) is 0 Å². The molecule has 8 heteroatoms. The number of rotatable bonds is 2. The highest BCUT2D eigenvalue weighted by molar-refractivity contribution is 7.08. The first kappa shape index (κ1) is 15.9. The number of hydrogen-bond donors (Lipinski definition) is 1. The Labute approximate surface area is 115 Å². The Balaban J connectivity index is 0.00000180. The van der Waals surface area contributed by atoms with Gasteiger partial charge in [0.1, 0.15) is 0 Å². The lowest BCUT2D eigenvalue weighted by molar-refractivity contribution is 0.367. The summed E-state index contributed by atoms with van der Waals surface area (Å²) in [6, 6.07) is 0.0498. The molecule has 0 fully saturated rings. The van der Waals surface area contributed by atoms with E-state index >= 15 is 0 Å². The minimum Gasteiger partial charge on any atom is -0.320 e. The third kappa shape index (κ3) is 2.58. The molecular weight excluding hydrogens is 309 g/mol. The number of thiophene rings is 1. The quantitative estimate of drug-likeness (QED) is 0.507. The number of nitrogens with two attached hydrogens (primary N) is 1. The van der Waals surface area contributed by atoms with E-state index in [1.54, 1.807) is 5.38 Å². The normalized spacial score (nSPS) is 12.1. The molecule has 0 bridgehead atoms. The van der Waals surface area contributed by atoms with Crippen molar-refractivity contribution in [3.05, 3.63) is 57.0 Å². The highest BCUT2D eigenvalue weighted by Crippen LogP contribution is 2.30. The lowest BCUT2D eigenvalue weighted by Crippen LogP contribution is -2.18. The lowest BCUT2D eigenvalue weighted by atomic mass is 10.0. The molecule has 19 heavy (non-hydrogen) atoms. The Morgan fingerprint density at radius 1 is 0.895 bits per heavy atom. The lowest BCUT2D eigenvalue weighted by Gasteiger charge is -2.14. The molecule has 0 aliphatic rings. The van der Waals surface area contributed by atoms with Crippen LogP contribution in [0.3, 0.4) is 0 Å². The number of hydrogen-bond acceptors (Lipinski definition) is 2. The maximum atomic E-state index is 13.4. The van der Waals surface area contributed by atoms with Crippen molar-refractivity contribution < 1.29 is 22.0 Å². The molecule has 0 saturated heterocycles. The molecule has 1 nitrogen and oxygen atoms in total. The van der Waals surface area contributed by atoms with Crippen LogP contribution in [0.5, 0.6) is 0 Å². The second kappa shape index (κ2) is 5.85. The molecule has 1 aromatic heterocycles. The standard InChI is InChI=1S/C11H6F5NS.ClH/c12-6-5(11(17)4-1-2-18-3-4)7(13)9(15)10(16)8(6)14;/h1-3,11H,17H2;1H/t11-;/m0./s1. The van der Waals surface area contributed by atoms with Crippen molar-refractivity contribution >= 4 is 23.7 Å². The van der Waals surface area contributed by atoms with Crippen LogP contribution in [0.4, 0.5) is 22.0 Å². The second-order valence-electron chi connectivity index (χ2n) is 3.52. The molecule has 0 aliphatic carbocycles. The van der Waals surface area contributed by atoms with Crippen LogP contribution in [0, 0.1) is 29.1 Å². The van der Waals surface area contributed by atoms with Gasteiger partial charge in [-0.05, 0) is 22.4 Å². The van der Waals surface area contributed by atoms with E-state index in [9.17, 15) is 22.0 Å². The Kier molecular flexibility index (Phi) is 4.89. The summed E-state index contributed by atoms with van der Waals surface area (Å²) in [6.07, 6.45) is 0. The minimum atomic E-state index is -2.19. The average Bonchev–Trinajstić information content (AvgIpc) is 2.88. The van der Waals surface area contributed by atoms with Gasteiger partial charge in [-0.25, -0.2) is 22.0 Å². The number of benzene rings is 1. The molecule has 0 amide bonds. The van der Waals surface area contributed by atoms with Crippen molar-refractivity contribution in [2.45, 2.75) is 6.04 Å². The summed E-state index contributed by atoms with van der Waals surface area (Å²) in [7, 11) is 0. The van der Waals surface area contributed by atoms with Crippen molar-refractivity contribution in [2.24, 2.45) is 5.73 Å². The largest absolute Gasteiger partial charge is 0.320 e. The average molecular weight is 316 g/mol. The van der Waals surface area contributed by atoms with E-state index in [-0.39, 0.29) is 18.0 Å². The van der Waals surface area contributed by atoms with Gasteiger partial charge in [0.25, 0.3) is 0 Å².